The maximum absolute atomic E-state index is 13.0. The predicted octanol–water partition coefficient (Wildman–Crippen LogP) is 8.39. The van der Waals surface area contributed by atoms with Crippen LogP contribution in [0.5, 0.6) is 0 Å². The molecule has 7 nitrogen and oxygen atoms in total. The topological polar surface area (TPSA) is 97.5 Å². The number of hydrogen-bond acceptors (Lipinski definition) is 5. The Morgan fingerprint density at radius 2 is 1.72 bits per heavy atom. The highest BCUT2D eigenvalue weighted by Gasteiger charge is 2.72. The molecule has 2 N–H and O–H groups in total. The fourth-order valence-corrected chi connectivity index (χ4v) is 13.3. The SMILES string of the molecule is C=C(C)[C@@H]1CC[C@]2(C(=O)O)CC[C@]3(C)[C@H](CC[C@@H]4[C@@]5(C)CC[C@H](OCc6cn(-c7ccccc7CO)nn6)C(C)(C)[C@@H]5CC[C@]43C)[C@@H]12. The van der Waals surface area contributed by atoms with E-state index in [4.69, 9.17) is 4.74 Å². The summed E-state index contributed by atoms with van der Waals surface area (Å²) in [5.74, 6) is 1.65. The number of aliphatic carboxylic acids is 1. The molecule has 5 fully saturated rings. The van der Waals surface area contributed by atoms with Gasteiger partial charge in [-0.15, -0.1) is 5.10 Å². The molecule has 0 amide bonds. The second-order valence-corrected chi connectivity index (χ2v) is 17.7. The third-order valence-electron chi connectivity index (χ3n) is 15.8. The van der Waals surface area contributed by atoms with Gasteiger partial charge in [-0.2, -0.15) is 0 Å². The van der Waals surface area contributed by atoms with Gasteiger partial charge in [-0.3, -0.25) is 4.79 Å². The standard InChI is InChI=1S/C40H57N3O4/c1-25(2)28-14-19-40(35(45)46)21-20-38(6)29(34(28)40)12-13-32-37(5)17-16-33(36(3,4)31(37)15-18-39(32,38)7)47-24-27-22-43(42-41-27)30-11-9-8-10-26(30)23-44/h8-11,22,28-29,31-34,44H,1,12-21,23-24H2,2-7H3,(H,45,46)/t28-,29+,31-,32+,33-,34+,37-,38+,39+,40-/m0/s1. The molecule has 47 heavy (non-hydrogen) atoms. The van der Waals surface area contributed by atoms with Gasteiger partial charge in [0.15, 0.2) is 0 Å². The van der Waals surface area contributed by atoms with Crippen molar-refractivity contribution < 1.29 is 19.7 Å². The van der Waals surface area contributed by atoms with Crippen LogP contribution >= 0.6 is 0 Å². The van der Waals surface area contributed by atoms with Gasteiger partial charge in [0.1, 0.15) is 5.69 Å². The van der Waals surface area contributed by atoms with Crippen LogP contribution in [0.15, 0.2) is 42.6 Å². The number of rotatable bonds is 7. The molecule has 5 saturated carbocycles. The zero-order chi connectivity index (χ0) is 33.6. The van der Waals surface area contributed by atoms with Crippen LogP contribution in [0.4, 0.5) is 0 Å². The van der Waals surface area contributed by atoms with Crippen molar-refractivity contribution in [3.05, 3.63) is 53.9 Å². The van der Waals surface area contributed by atoms with E-state index in [0.29, 0.717) is 30.3 Å². The van der Waals surface area contributed by atoms with Crippen molar-refractivity contribution in [2.75, 3.05) is 0 Å². The van der Waals surface area contributed by atoms with Crippen molar-refractivity contribution in [3.63, 3.8) is 0 Å². The van der Waals surface area contributed by atoms with Crippen molar-refractivity contribution in [3.8, 4) is 5.69 Å². The van der Waals surface area contributed by atoms with E-state index in [0.717, 1.165) is 55.5 Å². The fraction of sp³-hybridized carbons (Fsp3) is 0.725. The Balaban J connectivity index is 1.11. The van der Waals surface area contributed by atoms with Crippen LogP contribution in [0, 0.1) is 56.7 Å². The lowest BCUT2D eigenvalue weighted by Crippen LogP contribution is -2.67. The molecule has 10 atom stereocenters. The van der Waals surface area contributed by atoms with Crippen molar-refractivity contribution >= 4 is 5.97 Å². The maximum Gasteiger partial charge on any atom is 0.309 e. The molecule has 5 aliphatic rings. The van der Waals surface area contributed by atoms with Gasteiger partial charge in [0.25, 0.3) is 0 Å². The number of aliphatic hydroxyl groups excluding tert-OH is 1. The molecular weight excluding hydrogens is 586 g/mol. The van der Waals surface area contributed by atoms with Gasteiger partial charge in [0, 0.05) is 5.56 Å². The summed E-state index contributed by atoms with van der Waals surface area (Å²) in [4.78, 5) is 13.0. The van der Waals surface area contributed by atoms with E-state index >= 15 is 0 Å². The molecule has 0 saturated heterocycles. The van der Waals surface area contributed by atoms with E-state index in [9.17, 15) is 15.0 Å². The number of carboxylic acid groups (broad SMARTS) is 1. The summed E-state index contributed by atoms with van der Waals surface area (Å²) in [5.41, 5.74) is 3.68. The van der Waals surface area contributed by atoms with Crippen molar-refractivity contribution in [1.82, 2.24) is 15.0 Å². The number of fused-ring (bicyclic) bond motifs is 7. The van der Waals surface area contributed by atoms with Crippen LogP contribution in [0.1, 0.15) is 117 Å². The Bertz CT molecular complexity index is 1550. The van der Waals surface area contributed by atoms with Crippen molar-refractivity contribution in [1.29, 1.82) is 0 Å². The van der Waals surface area contributed by atoms with Gasteiger partial charge in [-0.05, 0) is 128 Å². The molecular formula is C40H57N3O4. The van der Waals surface area contributed by atoms with Crippen LogP contribution in [0.25, 0.3) is 5.69 Å². The van der Waals surface area contributed by atoms with E-state index in [1.54, 1.807) is 4.68 Å². The minimum Gasteiger partial charge on any atom is -0.481 e. The number of allylic oxidation sites excluding steroid dienone is 1. The third kappa shape index (κ3) is 4.61. The van der Waals surface area contributed by atoms with Gasteiger partial charge < -0.3 is 14.9 Å². The van der Waals surface area contributed by atoms with Gasteiger partial charge in [-0.1, -0.05) is 70.2 Å². The van der Waals surface area contributed by atoms with Crippen LogP contribution < -0.4 is 0 Å². The summed E-state index contributed by atoms with van der Waals surface area (Å²) in [5, 5.41) is 29.2. The molecule has 2 aromatic rings. The summed E-state index contributed by atoms with van der Waals surface area (Å²) in [6, 6.07) is 7.72. The lowest BCUT2D eigenvalue weighted by molar-refractivity contribution is -0.252. The summed E-state index contributed by atoms with van der Waals surface area (Å²) in [6.07, 6.45) is 12.7. The maximum atomic E-state index is 13.0. The molecule has 1 aromatic heterocycles. The molecule has 0 aliphatic heterocycles. The first kappa shape index (κ1) is 33.0. The third-order valence-corrected chi connectivity index (χ3v) is 15.8. The summed E-state index contributed by atoms with van der Waals surface area (Å²) in [7, 11) is 0. The van der Waals surface area contributed by atoms with Crippen LogP contribution in [-0.4, -0.2) is 37.3 Å². The van der Waals surface area contributed by atoms with E-state index in [-0.39, 0.29) is 40.3 Å². The molecule has 1 aromatic carbocycles. The number of aromatic nitrogens is 3. The monoisotopic (exact) mass is 643 g/mol. The average molecular weight is 644 g/mol. The lowest BCUT2D eigenvalue weighted by atomic mass is 9.32. The number of aliphatic hydroxyl groups is 1. The van der Waals surface area contributed by atoms with E-state index < -0.39 is 11.4 Å². The van der Waals surface area contributed by atoms with Gasteiger partial charge in [-0.25, -0.2) is 4.68 Å². The quantitative estimate of drug-likeness (QED) is 0.294. The molecule has 0 unspecified atom stereocenters. The molecule has 7 rings (SSSR count). The molecule has 0 bridgehead atoms. The van der Waals surface area contributed by atoms with Crippen molar-refractivity contribution in [2.24, 2.45) is 56.7 Å². The minimum atomic E-state index is -0.566. The largest absolute Gasteiger partial charge is 0.481 e. The van der Waals surface area contributed by atoms with Crippen LogP contribution in [-0.2, 0) is 22.7 Å². The first-order chi connectivity index (χ1) is 22.2. The normalized spacial score (nSPS) is 42.1. The second kappa shape index (κ2) is 11.3. The minimum absolute atomic E-state index is 0.0209. The number of para-hydroxylation sites is 1. The smallest absolute Gasteiger partial charge is 0.309 e. The Morgan fingerprint density at radius 3 is 2.45 bits per heavy atom. The van der Waals surface area contributed by atoms with Crippen LogP contribution in [0.3, 0.4) is 0 Å². The fourth-order valence-electron chi connectivity index (χ4n) is 13.3. The molecule has 0 spiro atoms. The lowest BCUT2D eigenvalue weighted by Gasteiger charge is -2.72. The summed E-state index contributed by atoms with van der Waals surface area (Å²) >= 11 is 0. The molecule has 7 heteroatoms. The highest BCUT2D eigenvalue weighted by Crippen LogP contribution is 2.77. The van der Waals surface area contributed by atoms with E-state index in [1.807, 2.05) is 30.5 Å². The average Bonchev–Trinajstić information content (AvgIpc) is 3.67. The number of carboxylic acids is 1. The Kier molecular flexibility index (Phi) is 7.91. The molecule has 5 aliphatic carbocycles. The number of nitrogens with zero attached hydrogens (tertiary/aromatic N) is 3. The Hall–Kier alpha value is -2.51. The second-order valence-electron chi connectivity index (χ2n) is 17.7. The number of ether oxygens (including phenoxy) is 1. The zero-order valence-electron chi connectivity index (χ0n) is 29.6. The van der Waals surface area contributed by atoms with E-state index in [2.05, 4.69) is 58.4 Å². The summed E-state index contributed by atoms with van der Waals surface area (Å²) in [6.45, 7) is 19.6. The van der Waals surface area contributed by atoms with Gasteiger partial charge in [0.05, 0.1) is 36.6 Å². The van der Waals surface area contributed by atoms with Gasteiger partial charge in [0.2, 0.25) is 0 Å². The van der Waals surface area contributed by atoms with Gasteiger partial charge >= 0.3 is 5.97 Å². The van der Waals surface area contributed by atoms with Crippen molar-refractivity contribution in [2.45, 2.75) is 125 Å². The number of benzene rings is 1. The molecule has 1 heterocycles. The Labute approximate surface area is 281 Å². The zero-order valence-corrected chi connectivity index (χ0v) is 29.6. The number of carbonyl (C=O) groups is 1. The highest BCUT2D eigenvalue weighted by atomic mass is 16.5. The predicted molar refractivity (Wildman–Crippen MR) is 182 cm³/mol. The first-order valence-electron chi connectivity index (χ1n) is 18.3. The first-order valence-corrected chi connectivity index (χ1v) is 18.3. The highest BCUT2D eigenvalue weighted by molar-refractivity contribution is 5.76. The number of hydrogen-bond donors (Lipinski definition) is 2. The Morgan fingerprint density at radius 1 is 0.957 bits per heavy atom. The molecule has 256 valence electrons. The van der Waals surface area contributed by atoms with Crippen LogP contribution in [0.2, 0.25) is 0 Å². The van der Waals surface area contributed by atoms with E-state index in [1.165, 1.54) is 31.3 Å². The summed E-state index contributed by atoms with van der Waals surface area (Å²) < 4.78 is 8.48. The molecule has 0 radical (unpaired) electrons.